The molecule has 1 aromatic rings. The van der Waals surface area contributed by atoms with Gasteiger partial charge >= 0.3 is 5.97 Å². The van der Waals surface area contributed by atoms with Crippen molar-refractivity contribution in [3.8, 4) is 0 Å². The maximum atomic E-state index is 11.0. The summed E-state index contributed by atoms with van der Waals surface area (Å²) in [6.07, 6.45) is 3.31. The van der Waals surface area contributed by atoms with Gasteiger partial charge < -0.3 is 15.3 Å². The highest BCUT2D eigenvalue weighted by atomic mass is 16.4. The van der Waals surface area contributed by atoms with Gasteiger partial charge in [0.1, 0.15) is 5.82 Å². The summed E-state index contributed by atoms with van der Waals surface area (Å²) in [5.41, 5.74) is 1.11. The topological polar surface area (TPSA) is 65.5 Å². The van der Waals surface area contributed by atoms with E-state index in [1.54, 1.807) is 12.1 Å². The number of rotatable bonds is 6. The van der Waals surface area contributed by atoms with Crippen LogP contribution in [0.15, 0.2) is 12.1 Å². The first kappa shape index (κ1) is 13.8. The number of likely N-dealkylation sites (tertiary alicyclic amines) is 1. The highest BCUT2D eigenvalue weighted by Crippen LogP contribution is 2.12. The molecule has 0 unspecified atom stereocenters. The summed E-state index contributed by atoms with van der Waals surface area (Å²) in [7, 11) is 0. The number of aromatic carboxylic acids is 1. The highest BCUT2D eigenvalue weighted by Gasteiger charge is 2.11. The van der Waals surface area contributed by atoms with Crippen LogP contribution in [0.4, 0.5) is 5.82 Å². The first-order chi connectivity index (χ1) is 9.19. The summed E-state index contributed by atoms with van der Waals surface area (Å²) in [6, 6.07) is 3.24. The van der Waals surface area contributed by atoms with E-state index in [2.05, 4.69) is 15.2 Å². The quantitative estimate of drug-likeness (QED) is 0.820. The average Bonchev–Trinajstić information content (AvgIpc) is 2.91. The van der Waals surface area contributed by atoms with Gasteiger partial charge in [-0.25, -0.2) is 9.78 Å². The van der Waals surface area contributed by atoms with Crippen LogP contribution in [0, 0.1) is 0 Å². The van der Waals surface area contributed by atoms with Crippen molar-refractivity contribution in [2.24, 2.45) is 0 Å². The third-order valence-corrected chi connectivity index (χ3v) is 3.42. The molecule has 2 heterocycles. The molecule has 0 radical (unpaired) electrons. The molecular formula is C14H21N3O2. The van der Waals surface area contributed by atoms with Gasteiger partial charge in [-0.15, -0.1) is 0 Å². The largest absolute Gasteiger partial charge is 0.478 e. The van der Waals surface area contributed by atoms with E-state index in [-0.39, 0.29) is 0 Å². The minimum Gasteiger partial charge on any atom is -0.478 e. The molecule has 19 heavy (non-hydrogen) atoms. The second-order valence-corrected chi connectivity index (χ2v) is 4.87. The summed E-state index contributed by atoms with van der Waals surface area (Å²) in [4.78, 5) is 17.9. The van der Waals surface area contributed by atoms with E-state index in [1.165, 1.54) is 25.9 Å². The van der Waals surface area contributed by atoms with Gasteiger partial charge in [-0.05, 0) is 44.5 Å². The molecule has 1 saturated heterocycles. The number of pyridine rings is 1. The molecule has 1 aliphatic heterocycles. The molecule has 2 N–H and O–H groups in total. The lowest BCUT2D eigenvalue weighted by Gasteiger charge is -2.15. The molecule has 0 spiro atoms. The Balaban J connectivity index is 1.94. The number of carbonyl (C=O) groups is 1. The molecule has 104 valence electrons. The highest BCUT2D eigenvalue weighted by molar-refractivity contribution is 5.88. The number of carboxylic acids is 1. The van der Waals surface area contributed by atoms with E-state index in [1.807, 2.05) is 6.92 Å². The fourth-order valence-electron chi connectivity index (χ4n) is 2.33. The van der Waals surface area contributed by atoms with Crippen molar-refractivity contribution in [3.63, 3.8) is 0 Å². The second-order valence-electron chi connectivity index (χ2n) is 4.87. The van der Waals surface area contributed by atoms with Crippen molar-refractivity contribution in [1.82, 2.24) is 9.88 Å². The number of aromatic nitrogens is 1. The molecule has 0 amide bonds. The number of hydrogen-bond donors (Lipinski definition) is 2. The van der Waals surface area contributed by atoms with Crippen molar-refractivity contribution in [3.05, 3.63) is 23.4 Å². The molecule has 5 nitrogen and oxygen atoms in total. The van der Waals surface area contributed by atoms with Gasteiger partial charge in [-0.3, -0.25) is 0 Å². The molecule has 0 saturated carbocycles. The zero-order valence-corrected chi connectivity index (χ0v) is 11.4. The fraction of sp³-hybridized carbons (Fsp3) is 0.571. The second kappa shape index (κ2) is 6.52. The van der Waals surface area contributed by atoms with E-state index < -0.39 is 5.97 Å². The molecule has 0 aliphatic carbocycles. The number of anilines is 1. The zero-order chi connectivity index (χ0) is 13.7. The van der Waals surface area contributed by atoms with Gasteiger partial charge in [0.2, 0.25) is 0 Å². The lowest BCUT2D eigenvalue weighted by molar-refractivity contribution is 0.0696. The number of nitrogens with zero attached hydrogens (tertiary/aromatic N) is 2. The van der Waals surface area contributed by atoms with Gasteiger partial charge in [0.15, 0.2) is 0 Å². The summed E-state index contributed by atoms with van der Waals surface area (Å²) in [6.45, 7) is 6.11. The van der Waals surface area contributed by atoms with Crippen molar-refractivity contribution in [1.29, 1.82) is 0 Å². The van der Waals surface area contributed by atoms with Crippen LogP contribution >= 0.6 is 0 Å². The number of nitrogens with one attached hydrogen (secondary N) is 1. The van der Waals surface area contributed by atoms with Crippen LogP contribution in [0.3, 0.4) is 0 Å². The predicted molar refractivity (Wildman–Crippen MR) is 74.7 cm³/mol. The molecule has 0 atom stereocenters. The molecule has 0 bridgehead atoms. The van der Waals surface area contributed by atoms with Crippen LogP contribution in [0.2, 0.25) is 0 Å². The summed E-state index contributed by atoms with van der Waals surface area (Å²) < 4.78 is 0. The van der Waals surface area contributed by atoms with Crippen LogP contribution in [0.25, 0.3) is 0 Å². The molecular weight excluding hydrogens is 242 g/mol. The Kier molecular flexibility index (Phi) is 4.74. The predicted octanol–water partition coefficient (Wildman–Crippen LogP) is 1.85. The van der Waals surface area contributed by atoms with Gasteiger partial charge in [0.05, 0.1) is 5.56 Å². The SMILES string of the molecule is CCc1cc(C(=O)O)cc(NCCN2CCCC2)n1. The number of carboxylic acid groups (broad SMARTS) is 1. The Bertz CT molecular complexity index is 442. The molecule has 2 rings (SSSR count). The van der Waals surface area contributed by atoms with Crippen LogP contribution < -0.4 is 5.32 Å². The first-order valence-corrected chi connectivity index (χ1v) is 6.89. The first-order valence-electron chi connectivity index (χ1n) is 6.89. The third-order valence-electron chi connectivity index (χ3n) is 3.42. The Labute approximate surface area is 113 Å². The Morgan fingerprint density at radius 1 is 1.42 bits per heavy atom. The van der Waals surface area contributed by atoms with E-state index in [4.69, 9.17) is 5.11 Å². The van der Waals surface area contributed by atoms with Crippen molar-refractivity contribution in [2.75, 3.05) is 31.5 Å². The summed E-state index contributed by atoms with van der Waals surface area (Å²) in [5, 5.41) is 12.3. The third kappa shape index (κ3) is 3.92. The normalized spacial score (nSPS) is 15.6. The van der Waals surface area contributed by atoms with Crippen molar-refractivity contribution in [2.45, 2.75) is 26.2 Å². The number of aryl methyl sites for hydroxylation is 1. The Hall–Kier alpha value is -1.62. The smallest absolute Gasteiger partial charge is 0.335 e. The zero-order valence-electron chi connectivity index (χ0n) is 11.4. The molecule has 1 aromatic heterocycles. The van der Waals surface area contributed by atoms with Crippen molar-refractivity contribution < 1.29 is 9.90 Å². The van der Waals surface area contributed by atoms with E-state index >= 15 is 0 Å². The van der Waals surface area contributed by atoms with Crippen LogP contribution in [0.5, 0.6) is 0 Å². The van der Waals surface area contributed by atoms with Gasteiger partial charge in [0.25, 0.3) is 0 Å². The molecule has 5 heteroatoms. The standard InChI is InChI=1S/C14H21N3O2/c1-2-12-9-11(14(18)19)10-13(16-12)15-5-8-17-6-3-4-7-17/h9-10H,2-8H2,1H3,(H,15,16)(H,18,19). The van der Waals surface area contributed by atoms with Crippen LogP contribution in [0.1, 0.15) is 35.8 Å². The Morgan fingerprint density at radius 2 is 2.16 bits per heavy atom. The number of hydrogen-bond acceptors (Lipinski definition) is 4. The van der Waals surface area contributed by atoms with E-state index in [9.17, 15) is 4.79 Å². The van der Waals surface area contributed by atoms with Crippen molar-refractivity contribution >= 4 is 11.8 Å². The lowest BCUT2D eigenvalue weighted by Crippen LogP contribution is -2.26. The van der Waals surface area contributed by atoms with Gasteiger partial charge in [0, 0.05) is 18.8 Å². The monoisotopic (exact) mass is 263 g/mol. The van der Waals surface area contributed by atoms with E-state index in [0.29, 0.717) is 11.4 Å². The summed E-state index contributed by atoms with van der Waals surface area (Å²) in [5.74, 6) is -0.240. The summed E-state index contributed by atoms with van der Waals surface area (Å²) >= 11 is 0. The molecule has 1 aliphatic rings. The van der Waals surface area contributed by atoms with Crippen LogP contribution in [-0.2, 0) is 6.42 Å². The maximum absolute atomic E-state index is 11.0. The van der Waals surface area contributed by atoms with Gasteiger partial charge in [-0.1, -0.05) is 6.92 Å². The minimum atomic E-state index is -0.903. The van der Waals surface area contributed by atoms with Crippen LogP contribution in [-0.4, -0.2) is 47.1 Å². The maximum Gasteiger partial charge on any atom is 0.335 e. The van der Waals surface area contributed by atoms with Gasteiger partial charge in [-0.2, -0.15) is 0 Å². The lowest BCUT2D eigenvalue weighted by atomic mass is 10.2. The minimum absolute atomic E-state index is 0.301. The fourth-order valence-corrected chi connectivity index (χ4v) is 2.33. The van der Waals surface area contributed by atoms with E-state index in [0.717, 1.165) is 25.2 Å². The average molecular weight is 263 g/mol. The Morgan fingerprint density at radius 3 is 2.79 bits per heavy atom. The molecule has 1 fully saturated rings. The molecule has 0 aromatic carbocycles.